The van der Waals surface area contributed by atoms with E-state index in [9.17, 15) is 0 Å². The van der Waals surface area contributed by atoms with Crippen molar-refractivity contribution in [1.29, 1.82) is 0 Å². The van der Waals surface area contributed by atoms with Crippen LogP contribution in [-0.4, -0.2) is 47.0 Å². The van der Waals surface area contributed by atoms with E-state index in [2.05, 4.69) is 39.0 Å². The van der Waals surface area contributed by atoms with Crippen LogP contribution in [0.1, 0.15) is 31.2 Å². The van der Waals surface area contributed by atoms with E-state index in [-0.39, 0.29) is 0 Å². The molecule has 3 aliphatic heterocycles. The molecule has 3 heteroatoms. The molecule has 1 aliphatic carbocycles. The Balaban J connectivity index is 1.30. The summed E-state index contributed by atoms with van der Waals surface area (Å²) >= 11 is 0. The summed E-state index contributed by atoms with van der Waals surface area (Å²) in [5.41, 5.74) is 2.72. The largest absolute Gasteiger partial charge is 0.361 e. The lowest BCUT2D eigenvalue weighted by Crippen LogP contribution is -2.44. The Bertz CT molecular complexity index is 687. The van der Waals surface area contributed by atoms with Gasteiger partial charge in [-0.05, 0) is 66.7 Å². The second-order valence-electron chi connectivity index (χ2n) is 8.09. The zero-order valence-corrected chi connectivity index (χ0v) is 13.9. The van der Waals surface area contributed by atoms with Crippen LogP contribution in [0, 0.1) is 11.8 Å². The highest BCUT2D eigenvalue weighted by molar-refractivity contribution is 5.79. The summed E-state index contributed by atoms with van der Waals surface area (Å²) in [6, 6.07) is 9.89. The second-order valence-corrected chi connectivity index (χ2v) is 8.09. The normalized spacial score (nSPS) is 29.2. The molecular weight excluding hydrogens is 282 g/mol. The van der Waals surface area contributed by atoms with Gasteiger partial charge in [0.25, 0.3) is 0 Å². The number of fused-ring (bicyclic) bond motifs is 5. The van der Waals surface area contributed by atoms with Gasteiger partial charge in [0.2, 0.25) is 0 Å². The Morgan fingerprint density at radius 2 is 1.96 bits per heavy atom. The monoisotopic (exact) mass is 309 g/mol. The lowest BCUT2D eigenvalue weighted by Gasteiger charge is -2.36. The number of aromatic nitrogens is 1. The third-order valence-corrected chi connectivity index (χ3v) is 6.12. The first kappa shape index (κ1) is 14.1. The number of H-pyrrole nitrogens is 1. The molecule has 4 aliphatic rings. The summed E-state index contributed by atoms with van der Waals surface area (Å²) in [4.78, 5) is 8.85. The van der Waals surface area contributed by atoms with Crippen molar-refractivity contribution < 1.29 is 0 Å². The van der Waals surface area contributed by atoms with E-state index >= 15 is 0 Å². The first-order valence-electron chi connectivity index (χ1n) is 9.36. The third kappa shape index (κ3) is 2.92. The van der Waals surface area contributed by atoms with Crippen LogP contribution in [0.25, 0.3) is 10.9 Å². The van der Waals surface area contributed by atoms with E-state index in [1.54, 1.807) is 0 Å². The van der Waals surface area contributed by atoms with Gasteiger partial charge >= 0.3 is 0 Å². The molecule has 3 nitrogen and oxygen atoms in total. The molecule has 1 N–H and O–H groups in total. The third-order valence-electron chi connectivity index (χ3n) is 6.12. The zero-order chi connectivity index (χ0) is 15.2. The number of nitrogens with one attached hydrogen (secondary N) is 1. The molecule has 4 heterocycles. The topological polar surface area (TPSA) is 22.3 Å². The molecule has 0 spiro atoms. The number of nitrogens with zero attached hydrogens (tertiary/aromatic N) is 2. The van der Waals surface area contributed by atoms with Gasteiger partial charge in [0.1, 0.15) is 0 Å². The highest BCUT2D eigenvalue weighted by Gasteiger charge is 2.37. The molecule has 122 valence electrons. The molecule has 6 rings (SSSR count). The SMILES string of the molecule is c1cc2cc(CN3C[C@H]4CC[C@@H](C3)N(CC3CC3)C4)ccc2[nH]1. The van der Waals surface area contributed by atoms with Crippen LogP contribution in [-0.2, 0) is 6.54 Å². The van der Waals surface area contributed by atoms with Crippen molar-refractivity contribution in [3.8, 4) is 0 Å². The molecule has 0 radical (unpaired) electrons. The van der Waals surface area contributed by atoms with Crippen molar-refractivity contribution in [2.75, 3.05) is 26.2 Å². The van der Waals surface area contributed by atoms with E-state index in [0.29, 0.717) is 0 Å². The average Bonchev–Trinajstić information content (AvgIpc) is 3.30. The number of hydrogen-bond acceptors (Lipinski definition) is 2. The number of rotatable bonds is 4. The van der Waals surface area contributed by atoms with E-state index in [4.69, 9.17) is 0 Å². The Hall–Kier alpha value is -1.32. The smallest absolute Gasteiger partial charge is 0.0454 e. The molecule has 2 aromatic rings. The standard InChI is InChI=1S/C20H27N3/c1-2-15(1)12-23-13-17-3-5-19(23)14-22(11-17)10-16-4-6-20-18(9-16)7-8-21-20/h4,6-9,15,17,19,21H,1-3,5,10-14H2/t17-,19+/m1/s1. The van der Waals surface area contributed by atoms with Gasteiger partial charge in [-0.1, -0.05) is 6.07 Å². The molecule has 0 amide bonds. The molecule has 2 bridgehead atoms. The summed E-state index contributed by atoms with van der Waals surface area (Å²) in [5, 5.41) is 1.34. The van der Waals surface area contributed by atoms with Crippen LogP contribution >= 0.6 is 0 Å². The number of aromatic amines is 1. The molecule has 1 saturated carbocycles. The molecule has 4 fully saturated rings. The molecule has 1 aromatic carbocycles. The van der Waals surface area contributed by atoms with Crippen LogP contribution in [0.5, 0.6) is 0 Å². The van der Waals surface area contributed by atoms with Gasteiger partial charge in [-0.15, -0.1) is 0 Å². The van der Waals surface area contributed by atoms with Gasteiger partial charge in [0.05, 0.1) is 0 Å². The Morgan fingerprint density at radius 1 is 1.00 bits per heavy atom. The molecule has 23 heavy (non-hydrogen) atoms. The van der Waals surface area contributed by atoms with Crippen LogP contribution < -0.4 is 0 Å². The highest BCUT2D eigenvalue weighted by Crippen LogP contribution is 2.35. The lowest BCUT2D eigenvalue weighted by molar-refractivity contribution is 0.125. The summed E-state index contributed by atoms with van der Waals surface area (Å²) in [6.45, 7) is 6.42. The maximum atomic E-state index is 3.29. The van der Waals surface area contributed by atoms with Crippen molar-refractivity contribution in [2.45, 2.75) is 38.3 Å². The summed E-state index contributed by atoms with van der Waals surface area (Å²) in [7, 11) is 0. The van der Waals surface area contributed by atoms with E-state index in [0.717, 1.165) is 24.4 Å². The van der Waals surface area contributed by atoms with Gasteiger partial charge in [-0.25, -0.2) is 0 Å². The summed E-state index contributed by atoms with van der Waals surface area (Å²) < 4.78 is 0. The van der Waals surface area contributed by atoms with Crippen molar-refractivity contribution in [2.24, 2.45) is 11.8 Å². The minimum Gasteiger partial charge on any atom is -0.361 e. The van der Waals surface area contributed by atoms with E-state index < -0.39 is 0 Å². The molecule has 0 unspecified atom stereocenters. The van der Waals surface area contributed by atoms with Crippen molar-refractivity contribution >= 4 is 10.9 Å². The van der Waals surface area contributed by atoms with Crippen molar-refractivity contribution in [3.05, 3.63) is 36.0 Å². The summed E-state index contributed by atoms with van der Waals surface area (Å²) in [5.74, 6) is 1.92. The maximum absolute atomic E-state index is 3.29. The van der Waals surface area contributed by atoms with Crippen LogP contribution in [0.3, 0.4) is 0 Å². The first-order valence-corrected chi connectivity index (χ1v) is 9.36. The van der Waals surface area contributed by atoms with Gasteiger partial charge in [-0.2, -0.15) is 0 Å². The predicted molar refractivity (Wildman–Crippen MR) is 94.4 cm³/mol. The van der Waals surface area contributed by atoms with Gasteiger partial charge in [-0.3, -0.25) is 9.80 Å². The van der Waals surface area contributed by atoms with Gasteiger partial charge in [0.15, 0.2) is 0 Å². The fourth-order valence-electron chi connectivity index (χ4n) is 4.72. The van der Waals surface area contributed by atoms with Gasteiger partial charge in [0, 0.05) is 50.5 Å². The average molecular weight is 309 g/mol. The fraction of sp³-hybridized carbons (Fsp3) is 0.600. The van der Waals surface area contributed by atoms with Crippen LogP contribution in [0.15, 0.2) is 30.5 Å². The summed E-state index contributed by atoms with van der Waals surface area (Å²) in [6.07, 6.45) is 7.86. The van der Waals surface area contributed by atoms with Crippen molar-refractivity contribution in [3.63, 3.8) is 0 Å². The van der Waals surface area contributed by atoms with E-state index in [1.807, 2.05) is 6.20 Å². The quantitative estimate of drug-likeness (QED) is 0.934. The highest BCUT2D eigenvalue weighted by atomic mass is 15.3. The minimum atomic E-state index is 0.810. The van der Waals surface area contributed by atoms with Crippen LogP contribution in [0.4, 0.5) is 0 Å². The number of piperidine rings is 1. The predicted octanol–water partition coefficient (Wildman–Crippen LogP) is 3.47. The number of hydrogen-bond donors (Lipinski definition) is 1. The lowest BCUT2D eigenvalue weighted by atomic mass is 9.95. The zero-order valence-electron chi connectivity index (χ0n) is 13.9. The van der Waals surface area contributed by atoms with Gasteiger partial charge < -0.3 is 4.98 Å². The molecule has 3 saturated heterocycles. The second kappa shape index (κ2) is 5.64. The molecule has 2 atom stereocenters. The molecule has 1 aromatic heterocycles. The Labute approximate surface area is 138 Å². The van der Waals surface area contributed by atoms with Crippen LogP contribution in [0.2, 0.25) is 0 Å². The first-order chi connectivity index (χ1) is 11.3. The Kier molecular flexibility index (Phi) is 3.45. The minimum absolute atomic E-state index is 0.810. The fourth-order valence-corrected chi connectivity index (χ4v) is 4.72. The Morgan fingerprint density at radius 3 is 2.87 bits per heavy atom. The number of benzene rings is 1. The maximum Gasteiger partial charge on any atom is 0.0454 e. The van der Waals surface area contributed by atoms with Crippen molar-refractivity contribution in [1.82, 2.24) is 14.8 Å². The van der Waals surface area contributed by atoms with E-state index in [1.165, 1.54) is 68.3 Å². The molecular formula is C20H27N3.